The fourth-order valence-electron chi connectivity index (χ4n) is 2.85. The van der Waals surface area contributed by atoms with Crippen molar-refractivity contribution >= 4 is 5.91 Å². The van der Waals surface area contributed by atoms with Crippen LogP contribution in [0.5, 0.6) is 0 Å². The van der Waals surface area contributed by atoms with Crippen LogP contribution < -0.4 is 10.6 Å². The van der Waals surface area contributed by atoms with Crippen molar-refractivity contribution in [3.8, 4) is 0 Å². The summed E-state index contributed by atoms with van der Waals surface area (Å²) < 4.78 is 5.57. The smallest absolute Gasteiger partial charge is 0.228 e. The van der Waals surface area contributed by atoms with Crippen molar-refractivity contribution in [1.82, 2.24) is 10.6 Å². The molecular formula is C15H24N2O2. The van der Waals surface area contributed by atoms with Crippen LogP contribution in [-0.2, 0) is 4.79 Å². The highest BCUT2D eigenvalue weighted by molar-refractivity contribution is 5.83. The molecule has 0 aromatic carbocycles. The molecule has 2 atom stereocenters. The fraction of sp³-hybridized carbons (Fsp3) is 0.667. The summed E-state index contributed by atoms with van der Waals surface area (Å²) in [6.07, 6.45) is 2.90. The van der Waals surface area contributed by atoms with Crippen LogP contribution in [0.3, 0.4) is 0 Å². The number of carbonyl (C=O) groups excluding carboxylic acids is 1. The van der Waals surface area contributed by atoms with E-state index in [4.69, 9.17) is 4.42 Å². The SMILES string of the molecule is CCCC1(C(=O)NC(C)c2ccc(C)o2)CCNC1. The predicted octanol–water partition coefficient (Wildman–Crippen LogP) is 2.55. The first-order valence-corrected chi connectivity index (χ1v) is 7.15. The van der Waals surface area contributed by atoms with Crippen molar-refractivity contribution in [3.63, 3.8) is 0 Å². The van der Waals surface area contributed by atoms with E-state index in [2.05, 4.69) is 17.6 Å². The molecule has 2 rings (SSSR count). The van der Waals surface area contributed by atoms with Crippen LogP contribution in [-0.4, -0.2) is 19.0 Å². The Morgan fingerprint density at radius 2 is 2.37 bits per heavy atom. The Labute approximate surface area is 114 Å². The largest absolute Gasteiger partial charge is 0.464 e. The van der Waals surface area contributed by atoms with Gasteiger partial charge in [-0.2, -0.15) is 0 Å². The van der Waals surface area contributed by atoms with E-state index in [-0.39, 0.29) is 17.4 Å². The Hall–Kier alpha value is -1.29. The summed E-state index contributed by atoms with van der Waals surface area (Å²) in [5.41, 5.74) is -0.232. The minimum Gasteiger partial charge on any atom is -0.464 e. The van der Waals surface area contributed by atoms with Crippen molar-refractivity contribution in [2.45, 2.75) is 46.1 Å². The summed E-state index contributed by atoms with van der Waals surface area (Å²) in [7, 11) is 0. The molecule has 1 fully saturated rings. The van der Waals surface area contributed by atoms with E-state index in [0.29, 0.717) is 0 Å². The second-order valence-electron chi connectivity index (χ2n) is 5.60. The molecule has 4 nitrogen and oxygen atoms in total. The lowest BCUT2D eigenvalue weighted by molar-refractivity contribution is -0.131. The van der Waals surface area contributed by atoms with E-state index in [1.165, 1.54) is 0 Å². The monoisotopic (exact) mass is 264 g/mol. The highest BCUT2D eigenvalue weighted by Gasteiger charge is 2.40. The lowest BCUT2D eigenvalue weighted by Crippen LogP contribution is -2.43. The zero-order valence-electron chi connectivity index (χ0n) is 12.1. The molecule has 1 aliphatic rings. The number of rotatable bonds is 5. The number of carbonyl (C=O) groups is 1. The molecule has 0 saturated carbocycles. The summed E-state index contributed by atoms with van der Waals surface area (Å²) in [4.78, 5) is 12.6. The second kappa shape index (κ2) is 5.78. The molecule has 1 aromatic rings. The zero-order valence-corrected chi connectivity index (χ0v) is 12.1. The molecule has 0 bridgehead atoms. The van der Waals surface area contributed by atoms with E-state index in [0.717, 1.165) is 43.9 Å². The van der Waals surface area contributed by atoms with Gasteiger partial charge in [0.05, 0.1) is 11.5 Å². The van der Waals surface area contributed by atoms with E-state index < -0.39 is 0 Å². The van der Waals surface area contributed by atoms with Gasteiger partial charge in [0.1, 0.15) is 11.5 Å². The van der Waals surface area contributed by atoms with Gasteiger partial charge in [-0.15, -0.1) is 0 Å². The minimum absolute atomic E-state index is 0.0736. The van der Waals surface area contributed by atoms with Crippen LogP contribution in [0.2, 0.25) is 0 Å². The molecule has 1 aromatic heterocycles. The summed E-state index contributed by atoms with van der Waals surface area (Å²) in [5, 5.41) is 6.42. The van der Waals surface area contributed by atoms with E-state index in [1.54, 1.807) is 0 Å². The maximum Gasteiger partial charge on any atom is 0.228 e. The number of nitrogens with one attached hydrogen (secondary N) is 2. The molecule has 2 unspecified atom stereocenters. The second-order valence-corrected chi connectivity index (χ2v) is 5.60. The van der Waals surface area contributed by atoms with Gasteiger partial charge >= 0.3 is 0 Å². The Balaban J connectivity index is 2.03. The topological polar surface area (TPSA) is 54.3 Å². The third-order valence-electron chi connectivity index (χ3n) is 3.99. The molecule has 2 N–H and O–H groups in total. The summed E-state index contributed by atoms with van der Waals surface area (Å²) in [5.74, 6) is 1.85. The first-order valence-electron chi connectivity index (χ1n) is 7.15. The molecule has 0 spiro atoms. The lowest BCUT2D eigenvalue weighted by atomic mass is 9.81. The first-order chi connectivity index (χ1) is 9.07. The standard InChI is InChI=1S/C15H24N2O2/c1-4-7-15(8-9-16-10-15)14(18)17-12(3)13-6-5-11(2)19-13/h5-6,12,16H,4,7-10H2,1-3H3,(H,17,18). The number of hydrogen-bond acceptors (Lipinski definition) is 3. The average molecular weight is 264 g/mol. The first kappa shape index (κ1) is 14.1. The van der Waals surface area contributed by atoms with Gasteiger partial charge in [-0.1, -0.05) is 13.3 Å². The van der Waals surface area contributed by atoms with Crippen LogP contribution in [0.4, 0.5) is 0 Å². The maximum atomic E-state index is 12.6. The van der Waals surface area contributed by atoms with Crippen LogP contribution in [0.25, 0.3) is 0 Å². The van der Waals surface area contributed by atoms with Crippen molar-refractivity contribution in [3.05, 3.63) is 23.7 Å². The average Bonchev–Trinajstić information content (AvgIpc) is 2.99. The van der Waals surface area contributed by atoms with Crippen LogP contribution >= 0.6 is 0 Å². The van der Waals surface area contributed by atoms with Gasteiger partial charge in [-0.25, -0.2) is 0 Å². The highest BCUT2D eigenvalue weighted by Crippen LogP contribution is 2.32. The molecule has 0 radical (unpaired) electrons. The van der Waals surface area contributed by atoms with Crippen molar-refractivity contribution in [1.29, 1.82) is 0 Å². The molecule has 0 aliphatic carbocycles. The number of furan rings is 1. The normalized spacial score (nSPS) is 24.4. The van der Waals surface area contributed by atoms with E-state index in [1.807, 2.05) is 26.0 Å². The predicted molar refractivity (Wildman–Crippen MR) is 74.8 cm³/mol. The Morgan fingerprint density at radius 3 is 2.89 bits per heavy atom. The third-order valence-corrected chi connectivity index (χ3v) is 3.99. The molecule has 1 aliphatic heterocycles. The fourth-order valence-corrected chi connectivity index (χ4v) is 2.85. The molecule has 4 heteroatoms. The van der Waals surface area contributed by atoms with Crippen molar-refractivity contribution in [2.24, 2.45) is 5.41 Å². The van der Waals surface area contributed by atoms with Crippen LogP contribution in [0, 0.1) is 12.3 Å². The summed E-state index contributed by atoms with van der Waals surface area (Å²) >= 11 is 0. The molecule has 2 heterocycles. The molecule has 1 amide bonds. The van der Waals surface area contributed by atoms with Gasteiger partial charge in [0, 0.05) is 6.54 Å². The summed E-state index contributed by atoms with van der Waals surface area (Å²) in [6.45, 7) is 7.74. The van der Waals surface area contributed by atoms with Crippen molar-refractivity contribution in [2.75, 3.05) is 13.1 Å². The third kappa shape index (κ3) is 3.00. The minimum atomic E-state index is -0.232. The number of hydrogen-bond donors (Lipinski definition) is 2. The van der Waals surface area contributed by atoms with Gasteiger partial charge in [-0.05, 0) is 45.4 Å². The number of aryl methyl sites for hydroxylation is 1. The lowest BCUT2D eigenvalue weighted by Gasteiger charge is -2.28. The van der Waals surface area contributed by atoms with Crippen LogP contribution in [0.1, 0.15) is 50.7 Å². The Kier molecular flexibility index (Phi) is 4.30. The molecule has 1 saturated heterocycles. The number of amides is 1. The summed E-state index contributed by atoms with van der Waals surface area (Å²) in [6, 6.07) is 3.78. The Bertz CT molecular complexity index is 433. The molecule has 19 heavy (non-hydrogen) atoms. The highest BCUT2D eigenvalue weighted by atomic mass is 16.3. The van der Waals surface area contributed by atoms with E-state index >= 15 is 0 Å². The van der Waals surface area contributed by atoms with Crippen molar-refractivity contribution < 1.29 is 9.21 Å². The van der Waals surface area contributed by atoms with Gasteiger partial charge in [0.25, 0.3) is 0 Å². The quantitative estimate of drug-likeness (QED) is 0.859. The van der Waals surface area contributed by atoms with Gasteiger partial charge in [0.15, 0.2) is 0 Å². The Morgan fingerprint density at radius 1 is 1.58 bits per heavy atom. The zero-order chi connectivity index (χ0) is 13.9. The molecule has 106 valence electrons. The maximum absolute atomic E-state index is 12.6. The van der Waals surface area contributed by atoms with Gasteiger partial charge in [-0.3, -0.25) is 4.79 Å². The van der Waals surface area contributed by atoms with E-state index in [9.17, 15) is 4.79 Å². The van der Waals surface area contributed by atoms with Gasteiger partial charge < -0.3 is 15.1 Å². The van der Waals surface area contributed by atoms with Gasteiger partial charge in [0.2, 0.25) is 5.91 Å². The van der Waals surface area contributed by atoms with Crippen LogP contribution in [0.15, 0.2) is 16.5 Å². The molecular weight excluding hydrogens is 240 g/mol.